The number of allylic oxidation sites excluding steroid dienone is 1. The first-order valence-corrected chi connectivity index (χ1v) is 9.53. The Bertz CT molecular complexity index is 1040. The van der Waals surface area contributed by atoms with Crippen molar-refractivity contribution in [3.05, 3.63) is 59.7 Å². The lowest BCUT2D eigenvalue weighted by Crippen LogP contribution is -2.21. The number of anilines is 2. The first kappa shape index (κ1) is 24.4. The van der Waals surface area contributed by atoms with Crippen LogP contribution in [0.3, 0.4) is 0 Å². The summed E-state index contributed by atoms with van der Waals surface area (Å²) in [4.78, 5) is 23.9. The molecule has 0 aliphatic heterocycles. The zero-order valence-corrected chi connectivity index (χ0v) is 17.8. The Kier molecular flexibility index (Phi) is 8.00. The lowest BCUT2D eigenvalue weighted by Gasteiger charge is -2.21. The summed E-state index contributed by atoms with van der Waals surface area (Å²) in [6.45, 7) is 6.61. The average Bonchev–Trinajstić information content (AvgIpc) is 2.71. The van der Waals surface area contributed by atoms with Gasteiger partial charge in [-0.25, -0.2) is 4.79 Å². The molecule has 0 aromatic heterocycles. The number of hydrogen-bond donors (Lipinski definition) is 2. The predicted molar refractivity (Wildman–Crippen MR) is 118 cm³/mol. The summed E-state index contributed by atoms with van der Waals surface area (Å²) in [6, 6.07) is 9.44. The van der Waals surface area contributed by atoms with Crippen LogP contribution in [0.15, 0.2) is 53.6 Å². The van der Waals surface area contributed by atoms with Crippen LogP contribution in [0.1, 0.15) is 36.2 Å². The number of carbonyl (C=O) groups excluding carboxylic acids is 2. The van der Waals surface area contributed by atoms with Crippen molar-refractivity contribution in [3.8, 4) is 5.75 Å². The third-order valence-electron chi connectivity index (χ3n) is 4.22. The SMILES string of the molecule is C=NN(C)/C(=C\CC)c1cc(NC(=O)Nc2cccc(C(C)=O)c2)ccc1OC(F)(F)F. The van der Waals surface area contributed by atoms with Gasteiger partial charge in [0.25, 0.3) is 0 Å². The molecule has 7 nitrogen and oxygen atoms in total. The molecule has 2 amide bonds. The molecule has 0 heterocycles. The van der Waals surface area contributed by atoms with Crippen LogP contribution in [0.5, 0.6) is 5.75 Å². The Balaban J connectivity index is 2.35. The summed E-state index contributed by atoms with van der Waals surface area (Å²) < 4.78 is 42.9. The summed E-state index contributed by atoms with van der Waals surface area (Å²) in [5, 5.41) is 10.2. The number of hydrogen-bond acceptors (Lipinski definition) is 5. The van der Waals surface area contributed by atoms with Crippen LogP contribution < -0.4 is 15.4 Å². The van der Waals surface area contributed by atoms with E-state index in [0.717, 1.165) is 6.07 Å². The van der Waals surface area contributed by atoms with Gasteiger partial charge < -0.3 is 15.4 Å². The van der Waals surface area contributed by atoms with E-state index in [0.29, 0.717) is 23.4 Å². The van der Waals surface area contributed by atoms with E-state index < -0.39 is 18.1 Å². The molecule has 0 atom stereocenters. The Labute approximate surface area is 183 Å². The van der Waals surface area contributed by atoms with Gasteiger partial charge in [-0.3, -0.25) is 9.80 Å². The molecule has 0 fully saturated rings. The number of benzene rings is 2. The van der Waals surface area contributed by atoms with Gasteiger partial charge in [0.15, 0.2) is 5.78 Å². The standard InChI is InChI=1S/C22H23F3N4O3/c1-5-7-19(29(4)26-3)18-13-17(10-11-20(18)32-22(23,24)25)28-21(31)27-16-9-6-8-15(12-16)14(2)30/h6-13H,3,5H2,1-2,4H3,(H2,27,28,31)/b19-7-. The van der Waals surface area contributed by atoms with Crippen LogP contribution in [0.25, 0.3) is 5.70 Å². The first-order valence-electron chi connectivity index (χ1n) is 9.53. The van der Waals surface area contributed by atoms with Gasteiger partial charge in [0.05, 0.1) is 5.70 Å². The molecule has 10 heteroatoms. The minimum atomic E-state index is -4.90. The number of alkyl halides is 3. The second kappa shape index (κ2) is 10.5. The number of ether oxygens (including phenoxy) is 1. The molecule has 2 aromatic carbocycles. The summed E-state index contributed by atoms with van der Waals surface area (Å²) in [6.07, 6.45) is -2.74. The van der Waals surface area contributed by atoms with Crippen LogP contribution in [-0.4, -0.2) is 37.0 Å². The van der Waals surface area contributed by atoms with Gasteiger partial charge in [-0.1, -0.05) is 25.1 Å². The highest BCUT2D eigenvalue weighted by Crippen LogP contribution is 2.34. The van der Waals surface area contributed by atoms with Gasteiger partial charge in [0, 0.05) is 36.3 Å². The maximum atomic E-state index is 12.9. The zero-order valence-electron chi connectivity index (χ0n) is 17.8. The molecule has 2 N–H and O–H groups in total. The van der Waals surface area contributed by atoms with Crippen molar-refractivity contribution in [2.24, 2.45) is 5.10 Å². The molecule has 2 rings (SSSR count). The number of Topliss-reactive ketones (excluding diaryl/α,β-unsaturated/α-hetero) is 1. The fourth-order valence-electron chi connectivity index (χ4n) is 2.82. The lowest BCUT2D eigenvalue weighted by atomic mass is 10.1. The minimum Gasteiger partial charge on any atom is -0.405 e. The predicted octanol–water partition coefficient (Wildman–Crippen LogP) is 5.73. The van der Waals surface area contributed by atoms with Crippen molar-refractivity contribution in [1.82, 2.24) is 5.01 Å². The zero-order chi connectivity index (χ0) is 23.9. The first-order chi connectivity index (χ1) is 15.0. The van der Waals surface area contributed by atoms with Gasteiger partial charge in [0.1, 0.15) is 5.75 Å². The molecule has 0 saturated carbocycles. The van der Waals surface area contributed by atoms with Crippen LogP contribution in [0.2, 0.25) is 0 Å². The van der Waals surface area contributed by atoms with Crippen molar-refractivity contribution in [2.75, 3.05) is 17.7 Å². The number of nitrogens with zero attached hydrogens (tertiary/aromatic N) is 2. The number of ketones is 1. The lowest BCUT2D eigenvalue weighted by molar-refractivity contribution is -0.274. The highest BCUT2D eigenvalue weighted by atomic mass is 19.4. The smallest absolute Gasteiger partial charge is 0.405 e. The van der Waals surface area contributed by atoms with Crippen molar-refractivity contribution < 1.29 is 27.5 Å². The van der Waals surface area contributed by atoms with Gasteiger partial charge >= 0.3 is 12.4 Å². The molecule has 2 aromatic rings. The fraction of sp³-hybridized carbons (Fsp3) is 0.227. The number of rotatable bonds is 8. The van der Waals surface area contributed by atoms with E-state index in [2.05, 4.69) is 27.2 Å². The van der Waals surface area contributed by atoms with Crippen LogP contribution in [0.4, 0.5) is 29.3 Å². The van der Waals surface area contributed by atoms with Gasteiger partial charge in [0.2, 0.25) is 0 Å². The van der Waals surface area contributed by atoms with Crippen molar-refractivity contribution in [1.29, 1.82) is 0 Å². The number of amides is 2. The minimum absolute atomic E-state index is 0.0652. The molecule has 0 unspecified atom stereocenters. The molecule has 0 aliphatic carbocycles. The molecular weight excluding hydrogens is 425 g/mol. The molecule has 170 valence electrons. The summed E-state index contributed by atoms with van der Waals surface area (Å²) >= 11 is 0. The van der Waals surface area contributed by atoms with Crippen LogP contribution in [-0.2, 0) is 0 Å². The van der Waals surface area contributed by atoms with E-state index in [1.54, 1.807) is 24.3 Å². The summed E-state index contributed by atoms with van der Waals surface area (Å²) in [5.74, 6) is -0.609. The van der Waals surface area contributed by atoms with E-state index in [4.69, 9.17) is 0 Å². The van der Waals surface area contributed by atoms with Crippen LogP contribution >= 0.6 is 0 Å². The number of halogens is 3. The van der Waals surface area contributed by atoms with E-state index >= 15 is 0 Å². The molecule has 0 saturated heterocycles. The highest BCUT2D eigenvalue weighted by Gasteiger charge is 2.33. The van der Waals surface area contributed by atoms with Crippen molar-refractivity contribution >= 4 is 35.6 Å². The number of urea groups is 1. The Morgan fingerprint density at radius 2 is 1.81 bits per heavy atom. The third-order valence-corrected chi connectivity index (χ3v) is 4.22. The number of nitrogens with one attached hydrogen (secondary N) is 2. The molecule has 0 bridgehead atoms. The maximum absolute atomic E-state index is 12.9. The molecule has 0 radical (unpaired) electrons. The van der Waals surface area contributed by atoms with Gasteiger partial charge in [-0.2, -0.15) is 5.10 Å². The van der Waals surface area contributed by atoms with E-state index in [-0.39, 0.29) is 17.0 Å². The summed E-state index contributed by atoms with van der Waals surface area (Å²) in [5.41, 5.74) is 1.41. The van der Waals surface area contributed by atoms with E-state index in [1.165, 1.54) is 37.2 Å². The second-order valence-electron chi connectivity index (χ2n) is 6.64. The second-order valence-corrected chi connectivity index (χ2v) is 6.64. The monoisotopic (exact) mass is 448 g/mol. The quantitative estimate of drug-likeness (QED) is 0.307. The molecular formula is C22H23F3N4O3. The number of hydrazone groups is 1. The normalized spacial score (nSPS) is 11.5. The fourth-order valence-corrected chi connectivity index (χ4v) is 2.82. The molecule has 32 heavy (non-hydrogen) atoms. The Morgan fingerprint density at radius 3 is 2.38 bits per heavy atom. The Morgan fingerprint density at radius 1 is 1.16 bits per heavy atom. The largest absolute Gasteiger partial charge is 0.573 e. The van der Waals surface area contributed by atoms with Crippen molar-refractivity contribution in [3.63, 3.8) is 0 Å². The number of carbonyl (C=O) groups is 2. The van der Waals surface area contributed by atoms with Gasteiger partial charge in [-0.05, 0) is 43.7 Å². The molecule has 0 aliphatic rings. The third kappa shape index (κ3) is 6.86. The maximum Gasteiger partial charge on any atom is 0.573 e. The van der Waals surface area contributed by atoms with E-state index in [9.17, 15) is 22.8 Å². The van der Waals surface area contributed by atoms with E-state index in [1.807, 2.05) is 6.92 Å². The van der Waals surface area contributed by atoms with Crippen molar-refractivity contribution in [2.45, 2.75) is 26.6 Å². The molecule has 0 spiro atoms. The average molecular weight is 448 g/mol. The topological polar surface area (TPSA) is 83.0 Å². The summed E-state index contributed by atoms with van der Waals surface area (Å²) in [7, 11) is 1.53. The van der Waals surface area contributed by atoms with Gasteiger partial charge in [-0.15, -0.1) is 13.2 Å². The Hall–Kier alpha value is -3.82. The van der Waals surface area contributed by atoms with Crippen LogP contribution in [0, 0.1) is 0 Å². The highest BCUT2D eigenvalue weighted by molar-refractivity contribution is 6.01.